The molecule has 2 aromatic rings. The van der Waals surface area contributed by atoms with E-state index in [0.717, 1.165) is 5.56 Å². The Morgan fingerprint density at radius 3 is 2.90 bits per heavy atom. The molecule has 1 aromatic carbocycles. The number of carbonyl (C=O) groups excluding carboxylic acids is 1. The fourth-order valence-corrected chi connectivity index (χ4v) is 1.91. The van der Waals surface area contributed by atoms with Crippen molar-refractivity contribution in [2.45, 2.75) is 6.54 Å². The lowest BCUT2D eigenvalue weighted by molar-refractivity contribution is 0.0949. The molecule has 0 bridgehead atoms. The van der Waals surface area contributed by atoms with Gasteiger partial charge in [-0.1, -0.05) is 29.8 Å². The van der Waals surface area contributed by atoms with Gasteiger partial charge in [-0.2, -0.15) is 0 Å². The van der Waals surface area contributed by atoms with E-state index < -0.39 is 11.5 Å². The first-order valence-electron chi connectivity index (χ1n) is 5.90. The molecule has 2 rings (SSSR count). The Bertz CT molecular complexity index is 682. The minimum atomic E-state index is -0.486. The first kappa shape index (κ1) is 14.1. The number of aromatic amines is 1. The van der Waals surface area contributed by atoms with Crippen molar-refractivity contribution in [2.24, 2.45) is 0 Å². The average Bonchev–Trinajstić information content (AvgIpc) is 2.47. The second-order valence-electron chi connectivity index (χ2n) is 4.06. The third-order valence-electron chi connectivity index (χ3n) is 2.74. The average molecular weight is 293 g/mol. The minimum absolute atomic E-state index is 0.0209. The summed E-state index contributed by atoms with van der Waals surface area (Å²) in [6.45, 7) is 0.259. The van der Waals surface area contributed by atoms with Gasteiger partial charge in [0.25, 0.3) is 11.5 Å². The van der Waals surface area contributed by atoms with E-state index in [1.54, 1.807) is 13.2 Å². The van der Waals surface area contributed by atoms with Crippen molar-refractivity contribution in [1.82, 2.24) is 10.3 Å². The monoisotopic (exact) mass is 292 g/mol. The van der Waals surface area contributed by atoms with Gasteiger partial charge in [0.15, 0.2) is 0 Å². The van der Waals surface area contributed by atoms with Crippen LogP contribution in [0.5, 0.6) is 5.75 Å². The lowest BCUT2D eigenvalue weighted by Crippen LogP contribution is -2.29. The number of halogens is 1. The predicted molar refractivity (Wildman–Crippen MR) is 76.2 cm³/mol. The zero-order valence-corrected chi connectivity index (χ0v) is 11.5. The van der Waals surface area contributed by atoms with E-state index in [1.165, 1.54) is 12.3 Å². The molecule has 20 heavy (non-hydrogen) atoms. The lowest BCUT2D eigenvalue weighted by atomic mass is 10.2. The molecule has 5 nitrogen and oxygen atoms in total. The molecule has 0 saturated carbocycles. The van der Waals surface area contributed by atoms with Crippen molar-refractivity contribution in [3.05, 3.63) is 63.0 Å². The largest absolute Gasteiger partial charge is 0.496 e. The maximum atomic E-state index is 12.0. The van der Waals surface area contributed by atoms with Crippen LogP contribution in [-0.2, 0) is 6.54 Å². The van der Waals surface area contributed by atoms with E-state index in [1.807, 2.05) is 18.2 Å². The van der Waals surface area contributed by atoms with E-state index in [-0.39, 0.29) is 12.1 Å². The van der Waals surface area contributed by atoms with Crippen LogP contribution < -0.4 is 15.6 Å². The number of pyridine rings is 1. The van der Waals surface area contributed by atoms with Gasteiger partial charge < -0.3 is 15.0 Å². The second kappa shape index (κ2) is 6.25. The van der Waals surface area contributed by atoms with Crippen molar-refractivity contribution >= 4 is 17.5 Å². The molecule has 0 saturated heterocycles. The third-order valence-corrected chi connectivity index (χ3v) is 2.96. The second-order valence-corrected chi connectivity index (χ2v) is 4.49. The zero-order valence-electron chi connectivity index (χ0n) is 10.8. The van der Waals surface area contributed by atoms with Gasteiger partial charge in [-0.25, -0.2) is 0 Å². The number of ether oxygens (including phenoxy) is 1. The number of benzene rings is 1. The van der Waals surface area contributed by atoms with Crippen LogP contribution in [0.3, 0.4) is 0 Å². The Kier molecular flexibility index (Phi) is 4.42. The first-order valence-corrected chi connectivity index (χ1v) is 6.28. The number of carbonyl (C=O) groups is 1. The summed E-state index contributed by atoms with van der Waals surface area (Å²) in [6.07, 6.45) is 1.33. The molecule has 1 amide bonds. The van der Waals surface area contributed by atoms with Gasteiger partial charge in [-0.15, -0.1) is 0 Å². The van der Waals surface area contributed by atoms with Gasteiger partial charge in [0.2, 0.25) is 0 Å². The fourth-order valence-electron chi connectivity index (χ4n) is 1.75. The summed E-state index contributed by atoms with van der Waals surface area (Å²) < 4.78 is 5.19. The molecular weight excluding hydrogens is 280 g/mol. The summed E-state index contributed by atoms with van der Waals surface area (Å²) in [5.41, 5.74) is 0.320. The molecule has 0 atom stereocenters. The summed E-state index contributed by atoms with van der Waals surface area (Å²) in [4.78, 5) is 25.9. The fraction of sp³-hybridized carbons (Fsp3) is 0.143. The highest BCUT2D eigenvalue weighted by atomic mass is 35.5. The van der Waals surface area contributed by atoms with Gasteiger partial charge in [-0.3, -0.25) is 9.59 Å². The molecular formula is C14H13ClN2O3. The maximum absolute atomic E-state index is 12.0. The predicted octanol–water partition coefficient (Wildman–Crippen LogP) is 1.97. The highest BCUT2D eigenvalue weighted by molar-refractivity contribution is 6.30. The van der Waals surface area contributed by atoms with Crippen LogP contribution in [0.2, 0.25) is 5.02 Å². The molecule has 0 aliphatic heterocycles. The van der Waals surface area contributed by atoms with Crippen molar-refractivity contribution < 1.29 is 9.53 Å². The van der Waals surface area contributed by atoms with Crippen molar-refractivity contribution in [3.63, 3.8) is 0 Å². The van der Waals surface area contributed by atoms with Crippen molar-refractivity contribution in [1.29, 1.82) is 0 Å². The number of para-hydroxylation sites is 1. The Labute approximate surface area is 120 Å². The van der Waals surface area contributed by atoms with E-state index in [0.29, 0.717) is 10.8 Å². The Morgan fingerprint density at radius 2 is 2.15 bits per heavy atom. The summed E-state index contributed by atoms with van der Waals surface area (Å²) >= 11 is 5.76. The topological polar surface area (TPSA) is 71.2 Å². The lowest BCUT2D eigenvalue weighted by Gasteiger charge is -2.09. The Morgan fingerprint density at radius 1 is 1.40 bits per heavy atom. The standard InChI is InChI=1S/C14H13ClN2O3/c1-20-12-5-3-2-4-9(12)7-16-13(18)11-6-10(15)8-17-14(11)19/h2-6,8H,7H2,1H3,(H,16,18)(H,17,19). The highest BCUT2D eigenvalue weighted by Crippen LogP contribution is 2.16. The smallest absolute Gasteiger partial charge is 0.260 e. The molecule has 0 unspecified atom stereocenters. The van der Waals surface area contributed by atoms with Gasteiger partial charge in [-0.05, 0) is 12.1 Å². The molecule has 104 valence electrons. The van der Waals surface area contributed by atoms with Crippen LogP contribution in [0.15, 0.2) is 41.3 Å². The molecule has 0 aliphatic rings. The molecule has 0 fully saturated rings. The third kappa shape index (κ3) is 3.19. The minimum Gasteiger partial charge on any atom is -0.496 e. The van der Waals surface area contributed by atoms with Crippen LogP contribution in [0.25, 0.3) is 0 Å². The Hall–Kier alpha value is -2.27. The van der Waals surface area contributed by atoms with Crippen LogP contribution in [0.1, 0.15) is 15.9 Å². The number of H-pyrrole nitrogens is 1. The number of aromatic nitrogens is 1. The molecule has 2 N–H and O–H groups in total. The van der Waals surface area contributed by atoms with Gasteiger partial charge >= 0.3 is 0 Å². The first-order chi connectivity index (χ1) is 9.61. The number of nitrogens with one attached hydrogen (secondary N) is 2. The normalized spacial score (nSPS) is 10.1. The molecule has 0 aliphatic carbocycles. The quantitative estimate of drug-likeness (QED) is 0.905. The van der Waals surface area contributed by atoms with Crippen molar-refractivity contribution in [2.75, 3.05) is 7.11 Å². The number of amides is 1. The van der Waals surface area contributed by atoms with Crippen molar-refractivity contribution in [3.8, 4) is 5.75 Å². The molecule has 6 heteroatoms. The van der Waals surface area contributed by atoms with Crippen LogP contribution in [0.4, 0.5) is 0 Å². The summed E-state index contributed by atoms with van der Waals surface area (Å²) in [7, 11) is 1.56. The maximum Gasteiger partial charge on any atom is 0.260 e. The van der Waals surface area contributed by atoms with Crippen LogP contribution in [0, 0.1) is 0 Å². The number of rotatable bonds is 4. The summed E-state index contributed by atoms with van der Waals surface area (Å²) in [5, 5.41) is 2.96. The van der Waals surface area contributed by atoms with E-state index >= 15 is 0 Å². The van der Waals surface area contributed by atoms with E-state index in [9.17, 15) is 9.59 Å². The summed E-state index contributed by atoms with van der Waals surface area (Å²) in [5.74, 6) is 0.187. The number of methoxy groups -OCH3 is 1. The molecule has 0 spiro atoms. The van der Waals surface area contributed by atoms with Gasteiger partial charge in [0.1, 0.15) is 11.3 Å². The SMILES string of the molecule is COc1ccccc1CNC(=O)c1cc(Cl)c[nH]c1=O. The van der Waals surface area contributed by atoms with E-state index in [4.69, 9.17) is 16.3 Å². The van der Waals surface area contributed by atoms with E-state index in [2.05, 4.69) is 10.3 Å². The zero-order chi connectivity index (χ0) is 14.5. The van der Waals surface area contributed by atoms with Gasteiger partial charge in [0.05, 0.1) is 12.1 Å². The number of hydrogen-bond acceptors (Lipinski definition) is 3. The molecule has 1 heterocycles. The molecule has 1 aromatic heterocycles. The van der Waals surface area contributed by atoms with Crippen LogP contribution in [-0.4, -0.2) is 18.0 Å². The Balaban J connectivity index is 2.13. The summed E-state index contributed by atoms with van der Waals surface area (Å²) in [6, 6.07) is 8.65. The van der Waals surface area contributed by atoms with Gasteiger partial charge in [0, 0.05) is 18.3 Å². The molecule has 0 radical (unpaired) electrons. The number of hydrogen-bond donors (Lipinski definition) is 2. The highest BCUT2D eigenvalue weighted by Gasteiger charge is 2.11. The van der Waals surface area contributed by atoms with Crippen LogP contribution >= 0.6 is 11.6 Å².